The van der Waals surface area contributed by atoms with Crippen LogP contribution in [0.3, 0.4) is 0 Å². The number of carbonyl (C=O) groups excluding carboxylic acids is 1. The maximum Gasteiger partial charge on any atom is 0.450 e. The summed E-state index contributed by atoms with van der Waals surface area (Å²) >= 11 is 0. The Bertz CT molecular complexity index is 578. The highest BCUT2D eigenvalue weighted by molar-refractivity contribution is 5.76. The molecule has 0 aliphatic carbocycles. The first-order valence-corrected chi connectivity index (χ1v) is 4.69. The summed E-state index contributed by atoms with van der Waals surface area (Å²) in [7, 11) is 0. The summed E-state index contributed by atoms with van der Waals surface area (Å²) in [5.74, 6) is -2.23. The van der Waals surface area contributed by atoms with Crippen molar-refractivity contribution < 1.29 is 23.1 Å². The highest BCUT2D eigenvalue weighted by atomic mass is 19.4. The minimum absolute atomic E-state index is 0.00965. The van der Waals surface area contributed by atoms with Gasteiger partial charge in [-0.3, -0.25) is 14.3 Å². The van der Waals surface area contributed by atoms with Crippen molar-refractivity contribution in [2.75, 3.05) is 0 Å². The number of aromatic nitrogens is 3. The van der Waals surface area contributed by atoms with Gasteiger partial charge in [-0.05, 0) is 12.1 Å². The van der Waals surface area contributed by atoms with E-state index in [4.69, 9.17) is 0 Å². The lowest BCUT2D eigenvalue weighted by molar-refractivity contribution is -0.146. The first-order valence-electron chi connectivity index (χ1n) is 4.69. The van der Waals surface area contributed by atoms with E-state index in [-0.39, 0.29) is 12.0 Å². The van der Waals surface area contributed by atoms with E-state index in [0.717, 1.165) is 0 Å². The number of carbonyl (C=O) groups is 1. The molecule has 2 aromatic rings. The Kier molecular flexibility index (Phi) is 2.77. The maximum atomic E-state index is 12.7. The molecule has 0 fully saturated rings. The molecule has 0 aromatic carbocycles. The van der Waals surface area contributed by atoms with Crippen molar-refractivity contribution >= 4 is 6.29 Å². The van der Waals surface area contributed by atoms with Crippen molar-refractivity contribution in [1.82, 2.24) is 14.5 Å². The minimum atomic E-state index is -4.79. The van der Waals surface area contributed by atoms with E-state index in [1.165, 1.54) is 24.5 Å². The SMILES string of the molecule is O=Cc1nc(C(F)(F)F)n(-c2ccncc2)c1O. The Balaban J connectivity index is 2.72. The van der Waals surface area contributed by atoms with E-state index in [2.05, 4.69) is 9.97 Å². The van der Waals surface area contributed by atoms with E-state index in [1.807, 2.05) is 0 Å². The van der Waals surface area contributed by atoms with Crippen LogP contribution in [0.15, 0.2) is 24.5 Å². The fourth-order valence-electron chi connectivity index (χ4n) is 1.44. The first kappa shape index (κ1) is 12.1. The van der Waals surface area contributed by atoms with Gasteiger partial charge in [0.05, 0.1) is 5.69 Å². The molecule has 8 heteroatoms. The normalized spacial score (nSPS) is 11.5. The van der Waals surface area contributed by atoms with Crippen LogP contribution in [0.2, 0.25) is 0 Å². The Hall–Kier alpha value is -2.38. The zero-order valence-electron chi connectivity index (χ0n) is 8.72. The second-order valence-electron chi connectivity index (χ2n) is 3.30. The van der Waals surface area contributed by atoms with Crippen LogP contribution in [0.1, 0.15) is 16.3 Å². The number of hydrogen-bond donors (Lipinski definition) is 1. The summed E-state index contributed by atoms with van der Waals surface area (Å²) in [6, 6.07) is 2.51. The maximum absolute atomic E-state index is 12.7. The summed E-state index contributed by atoms with van der Waals surface area (Å²) in [5, 5.41) is 9.58. The quantitative estimate of drug-likeness (QED) is 0.833. The summed E-state index contributed by atoms with van der Waals surface area (Å²) in [5.41, 5.74) is -0.658. The largest absolute Gasteiger partial charge is 0.493 e. The molecule has 94 valence electrons. The summed E-state index contributed by atoms with van der Waals surface area (Å²) < 4.78 is 38.7. The molecular formula is C10H6F3N3O2. The molecule has 0 amide bonds. The molecule has 0 saturated heterocycles. The van der Waals surface area contributed by atoms with Crippen LogP contribution in [-0.4, -0.2) is 25.9 Å². The third kappa shape index (κ3) is 1.92. The van der Waals surface area contributed by atoms with Gasteiger partial charge in [-0.15, -0.1) is 0 Å². The average molecular weight is 257 g/mol. The topological polar surface area (TPSA) is 68.0 Å². The molecule has 0 aliphatic heterocycles. The van der Waals surface area contributed by atoms with E-state index in [0.29, 0.717) is 4.57 Å². The molecule has 2 rings (SSSR count). The van der Waals surface area contributed by atoms with Crippen molar-refractivity contribution in [2.45, 2.75) is 6.18 Å². The third-order valence-corrected chi connectivity index (χ3v) is 2.17. The molecule has 1 N–H and O–H groups in total. The van der Waals surface area contributed by atoms with E-state index >= 15 is 0 Å². The highest BCUT2D eigenvalue weighted by Gasteiger charge is 2.39. The van der Waals surface area contributed by atoms with Gasteiger partial charge in [-0.1, -0.05) is 0 Å². The molecular weight excluding hydrogens is 251 g/mol. The number of imidazole rings is 1. The number of alkyl halides is 3. The van der Waals surface area contributed by atoms with E-state index < -0.39 is 23.6 Å². The fraction of sp³-hybridized carbons (Fsp3) is 0.100. The van der Waals surface area contributed by atoms with Crippen LogP contribution in [0.25, 0.3) is 5.69 Å². The van der Waals surface area contributed by atoms with Crippen LogP contribution in [-0.2, 0) is 6.18 Å². The number of rotatable bonds is 2. The number of hydrogen-bond acceptors (Lipinski definition) is 4. The molecule has 0 atom stereocenters. The van der Waals surface area contributed by atoms with Crippen LogP contribution in [0.5, 0.6) is 5.88 Å². The molecule has 0 unspecified atom stereocenters. The van der Waals surface area contributed by atoms with Gasteiger partial charge < -0.3 is 5.11 Å². The van der Waals surface area contributed by atoms with Gasteiger partial charge in [0.2, 0.25) is 11.7 Å². The second-order valence-corrected chi connectivity index (χ2v) is 3.30. The summed E-state index contributed by atoms with van der Waals surface area (Å²) in [4.78, 5) is 17.3. The second kappa shape index (κ2) is 4.13. The van der Waals surface area contributed by atoms with Gasteiger partial charge in [-0.2, -0.15) is 13.2 Å². The Morgan fingerprint density at radius 2 is 1.89 bits per heavy atom. The van der Waals surface area contributed by atoms with E-state index in [1.54, 1.807) is 0 Å². The number of halogens is 3. The molecule has 0 aliphatic rings. The summed E-state index contributed by atoms with van der Waals surface area (Å²) in [6.45, 7) is 0. The molecule has 2 heterocycles. The lowest BCUT2D eigenvalue weighted by atomic mass is 10.4. The van der Waals surface area contributed by atoms with Crippen LogP contribution in [0.4, 0.5) is 13.2 Å². The molecule has 2 aromatic heterocycles. The van der Waals surface area contributed by atoms with Crippen molar-refractivity contribution in [3.63, 3.8) is 0 Å². The predicted molar refractivity (Wildman–Crippen MR) is 53.4 cm³/mol. The zero-order chi connectivity index (χ0) is 13.3. The van der Waals surface area contributed by atoms with Crippen LogP contribution in [0, 0.1) is 0 Å². The predicted octanol–water partition coefficient (Wildman–Crippen LogP) is 1.80. The monoisotopic (exact) mass is 257 g/mol. The van der Waals surface area contributed by atoms with Crippen LogP contribution >= 0.6 is 0 Å². The average Bonchev–Trinajstić information content (AvgIpc) is 2.67. The van der Waals surface area contributed by atoms with Gasteiger partial charge in [0.25, 0.3) is 0 Å². The Morgan fingerprint density at radius 3 is 2.39 bits per heavy atom. The van der Waals surface area contributed by atoms with Gasteiger partial charge in [0.1, 0.15) is 0 Å². The third-order valence-electron chi connectivity index (χ3n) is 2.17. The number of nitrogens with zero attached hydrogens (tertiary/aromatic N) is 3. The lowest BCUT2D eigenvalue weighted by Crippen LogP contribution is -2.13. The summed E-state index contributed by atoms with van der Waals surface area (Å²) in [6.07, 6.45) is -2.21. The molecule has 0 radical (unpaired) electrons. The number of pyridine rings is 1. The lowest BCUT2D eigenvalue weighted by Gasteiger charge is -2.10. The smallest absolute Gasteiger partial charge is 0.450 e. The standard InChI is InChI=1S/C10H6F3N3O2/c11-10(12,13)9-15-7(5-17)8(18)16(9)6-1-3-14-4-2-6/h1-5,18H. The van der Waals surface area contributed by atoms with Gasteiger partial charge in [0, 0.05) is 12.4 Å². The first-order chi connectivity index (χ1) is 8.45. The number of aldehydes is 1. The Labute approximate surface area is 98.5 Å². The zero-order valence-corrected chi connectivity index (χ0v) is 8.72. The van der Waals surface area contributed by atoms with Gasteiger partial charge in [0.15, 0.2) is 12.0 Å². The molecule has 5 nitrogen and oxygen atoms in total. The van der Waals surface area contributed by atoms with Gasteiger partial charge >= 0.3 is 6.18 Å². The van der Waals surface area contributed by atoms with Crippen molar-refractivity contribution in [3.8, 4) is 11.6 Å². The van der Waals surface area contributed by atoms with Crippen LogP contribution < -0.4 is 0 Å². The molecule has 0 spiro atoms. The number of aromatic hydroxyl groups is 1. The van der Waals surface area contributed by atoms with Gasteiger partial charge in [-0.25, -0.2) is 4.98 Å². The van der Waals surface area contributed by atoms with Crippen molar-refractivity contribution in [2.24, 2.45) is 0 Å². The highest BCUT2D eigenvalue weighted by Crippen LogP contribution is 2.34. The molecule has 18 heavy (non-hydrogen) atoms. The van der Waals surface area contributed by atoms with E-state index in [9.17, 15) is 23.1 Å². The fourth-order valence-corrected chi connectivity index (χ4v) is 1.44. The molecule has 0 saturated carbocycles. The molecule has 0 bridgehead atoms. The van der Waals surface area contributed by atoms with Crippen molar-refractivity contribution in [1.29, 1.82) is 0 Å². The Morgan fingerprint density at radius 1 is 1.28 bits per heavy atom. The van der Waals surface area contributed by atoms with Crippen molar-refractivity contribution in [3.05, 3.63) is 36.0 Å². The minimum Gasteiger partial charge on any atom is -0.493 e.